The number of carbonyl (C=O) groups excluding carboxylic acids is 2. The Morgan fingerprint density at radius 2 is 1.62 bits per heavy atom. The Bertz CT molecular complexity index is 1380. The normalized spacial score (nSPS) is 12.8. The fourth-order valence-electron chi connectivity index (χ4n) is 4.25. The lowest BCUT2D eigenvalue weighted by Crippen LogP contribution is -2.54. The molecule has 0 fully saturated rings. The zero-order valence-corrected chi connectivity index (χ0v) is 23.6. The highest BCUT2D eigenvalue weighted by atomic mass is 32.2. The lowest BCUT2D eigenvalue weighted by atomic mass is 10.0. The molecule has 208 valence electrons. The van der Waals surface area contributed by atoms with Crippen LogP contribution in [0.2, 0.25) is 0 Å². The lowest BCUT2D eigenvalue weighted by Gasteiger charge is -2.34. The van der Waals surface area contributed by atoms with E-state index in [1.165, 1.54) is 23.1 Å². The van der Waals surface area contributed by atoms with E-state index in [1.807, 2.05) is 75.4 Å². The summed E-state index contributed by atoms with van der Waals surface area (Å²) in [5.74, 6) is -1.53. The third kappa shape index (κ3) is 8.64. The van der Waals surface area contributed by atoms with Crippen LogP contribution in [0.5, 0.6) is 0 Å². The molecule has 0 aromatic heterocycles. The van der Waals surface area contributed by atoms with Crippen molar-refractivity contribution >= 4 is 27.5 Å². The lowest BCUT2D eigenvalue weighted by molar-refractivity contribution is -0.140. The molecule has 0 radical (unpaired) electrons. The minimum Gasteiger partial charge on any atom is -0.352 e. The molecule has 0 bridgehead atoms. The Morgan fingerprint density at radius 3 is 2.23 bits per heavy atom. The van der Waals surface area contributed by atoms with Gasteiger partial charge in [0.2, 0.25) is 21.8 Å². The van der Waals surface area contributed by atoms with Gasteiger partial charge in [0.05, 0.1) is 11.9 Å². The maximum atomic E-state index is 14.0. The number of halogens is 1. The molecular formula is C30H36FN3O4S. The Kier molecular flexibility index (Phi) is 10.2. The molecule has 39 heavy (non-hydrogen) atoms. The molecule has 0 spiro atoms. The van der Waals surface area contributed by atoms with Gasteiger partial charge >= 0.3 is 0 Å². The van der Waals surface area contributed by atoms with Gasteiger partial charge in [-0.25, -0.2) is 12.8 Å². The Morgan fingerprint density at radius 1 is 0.949 bits per heavy atom. The third-order valence-electron chi connectivity index (χ3n) is 6.48. The number of hydrogen-bond acceptors (Lipinski definition) is 4. The van der Waals surface area contributed by atoms with Crippen molar-refractivity contribution in [3.05, 3.63) is 101 Å². The van der Waals surface area contributed by atoms with Gasteiger partial charge in [-0.15, -0.1) is 0 Å². The van der Waals surface area contributed by atoms with E-state index in [9.17, 15) is 22.4 Å². The first-order valence-electron chi connectivity index (χ1n) is 12.9. The van der Waals surface area contributed by atoms with Crippen molar-refractivity contribution in [3.8, 4) is 0 Å². The molecule has 3 aromatic carbocycles. The monoisotopic (exact) mass is 553 g/mol. The van der Waals surface area contributed by atoms with Crippen LogP contribution in [-0.4, -0.2) is 50.0 Å². The van der Waals surface area contributed by atoms with Crippen LogP contribution in [0, 0.1) is 12.7 Å². The summed E-state index contributed by atoms with van der Waals surface area (Å²) >= 11 is 0. The number of hydrogen-bond donors (Lipinski definition) is 1. The summed E-state index contributed by atoms with van der Waals surface area (Å²) < 4.78 is 40.3. The second-order valence-corrected chi connectivity index (χ2v) is 11.7. The van der Waals surface area contributed by atoms with Crippen molar-refractivity contribution in [3.63, 3.8) is 0 Å². The van der Waals surface area contributed by atoms with Gasteiger partial charge in [0, 0.05) is 19.0 Å². The zero-order valence-electron chi connectivity index (χ0n) is 22.8. The van der Waals surface area contributed by atoms with Crippen LogP contribution in [0.3, 0.4) is 0 Å². The third-order valence-corrected chi connectivity index (χ3v) is 7.62. The quantitative estimate of drug-likeness (QED) is 0.359. The second kappa shape index (κ2) is 13.4. The van der Waals surface area contributed by atoms with Crippen molar-refractivity contribution in [2.45, 2.75) is 52.2 Å². The predicted octanol–water partition coefficient (Wildman–Crippen LogP) is 4.45. The van der Waals surface area contributed by atoms with E-state index >= 15 is 0 Å². The van der Waals surface area contributed by atoms with Gasteiger partial charge in [0.1, 0.15) is 18.4 Å². The molecule has 0 saturated carbocycles. The van der Waals surface area contributed by atoms with Gasteiger partial charge in [0.15, 0.2) is 0 Å². The van der Waals surface area contributed by atoms with Crippen molar-refractivity contribution in [2.24, 2.45) is 0 Å². The van der Waals surface area contributed by atoms with E-state index in [0.717, 1.165) is 33.3 Å². The van der Waals surface area contributed by atoms with Gasteiger partial charge in [-0.2, -0.15) is 0 Å². The van der Waals surface area contributed by atoms with Crippen LogP contribution in [0.25, 0.3) is 0 Å². The van der Waals surface area contributed by atoms with Crippen LogP contribution >= 0.6 is 0 Å². The van der Waals surface area contributed by atoms with Crippen LogP contribution in [-0.2, 0) is 32.6 Å². The topological polar surface area (TPSA) is 86.8 Å². The number of sulfonamides is 1. The SMILES string of the molecule is CC[C@@H](C)NC(=O)[C@@H](Cc1ccccc1)N(Cc1cccc(C)c1)C(=O)CN(c1cccc(F)c1)S(C)(=O)=O. The molecule has 1 N–H and O–H groups in total. The predicted molar refractivity (Wildman–Crippen MR) is 152 cm³/mol. The summed E-state index contributed by atoms with van der Waals surface area (Å²) in [5.41, 5.74) is 2.68. The molecule has 2 amide bonds. The van der Waals surface area contributed by atoms with Crippen molar-refractivity contribution in [1.82, 2.24) is 10.2 Å². The molecule has 3 aromatic rings. The fraction of sp³-hybridized carbons (Fsp3) is 0.333. The molecule has 2 atom stereocenters. The van der Waals surface area contributed by atoms with Gasteiger partial charge in [-0.1, -0.05) is 73.2 Å². The molecule has 0 heterocycles. The zero-order chi connectivity index (χ0) is 28.6. The Labute approximate surface area is 230 Å². The first-order valence-corrected chi connectivity index (χ1v) is 14.7. The maximum absolute atomic E-state index is 14.0. The highest BCUT2D eigenvalue weighted by Crippen LogP contribution is 2.21. The van der Waals surface area contributed by atoms with E-state index in [0.29, 0.717) is 6.42 Å². The van der Waals surface area contributed by atoms with Crippen molar-refractivity contribution in [2.75, 3.05) is 17.1 Å². The summed E-state index contributed by atoms with van der Waals surface area (Å²) in [6.45, 7) is 5.28. The molecule has 0 aliphatic carbocycles. The van der Waals surface area contributed by atoms with Crippen LogP contribution in [0.15, 0.2) is 78.9 Å². The van der Waals surface area contributed by atoms with Crippen LogP contribution < -0.4 is 9.62 Å². The number of benzene rings is 3. The number of rotatable bonds is 12. The minimum absolute atomic E-state index is 0.0324. The molecule has 0 unspecified atom stereocenters. The molecule has 0 saturated heterocycles. The summed E-state index contributed by atoms with van der Waals surface area (Å²) in [4.78, 5) is 29.0. The second-order valence-electron chi connectivity index (χ2n) is 9.78. The Balaban J connectivity index is 2.06. The molecule has 0 aliphatic rings. The number of nitrogens with zero attached hydrogens (tertiary/aromatic N) is 2. The first kappa shape index (κ1) is 29.8. The molecular weight excluding hydrogens is 517 g/mol. The number of carbonyl (C=O) groups is 2. The highest BCUT2D eigenvalue weighted by Gasteiger charge is 2.33. The Hall–Kier alpha value is -3.72. The molecule has 3 rings (SSSR count). The number of nitrogens with one attached hydrogen (secondary N) is 1. The largest absolute Gasteiger partial charge is 0.352 e. The smallest absolute Gasteiger partial charge is 0.244 e. The summed E-state index contributed by atoms with van der Waals surface area (Å²) in [7, 11) is -3.95. The van der Waals surface area contributed by atoms with E-state index < -0.39 is 34.3 Å². The molecule has 0 aliphatic heterocycles. The van der Waals surface area contributed by atoms with E-state index in [4.69, 9.17) is 0 Å². The minimum atomic E-state index is -3.95. The van der Waals surface area contributed by atoms with E-state index in [-0.39, 0.29) is 30.6 Å². The van der Waals surface area contributed by atoms with Crippen LogP contribution in [0.4, 0.5) is 10.1 Å². The molecule has 9 heteroatoms. The van der Waals surface area contributed by atoms with Gasteiger partial charge < -0.3 is 10.2 Å². The van der Waals surface area contributed by atoms with Gasteiger partial charge in [0.25, 0.3) is 0 Å². The van der Waals surface area contributed by atoms with E-state index in [1.54, 1.807) is 0 Å². The fourth-order valence-corrected chi connectivity index (χ4v) is 5.09. The standard InChI is InChI=1S/C30H36FN3O4S/c1-5-23(3)32-30(36)28(18-24-12-7-6-8-13-24)33(20-25-14-9-11-22(2)17-25)29(35)21-34(39(4,37)38)27-16-10-15-26(31)19-27/h6-17,19,23,28H,5,18,20-21H2,1-4H3,(H,32,36)/t23-,28-/m1/s1. The highest BCUT2D eigenvalue weighted by molar-refractivity contribution is 7.92. The first-order chi connectivity index (χ1) is 18.5. The van der Waals surface area contributed by atoms with Crippen molar-refractivity contribution < 1.29 is 22.4 Å². The van der Waals surface area contributed by atoms with Crippen molar-refractivity contribution in [1.29, 1.82) is 0 Å². The number of aryl methyl sites for hydroxylation is 1. The maximum Gasteiger partial charge on any atom is 0.244 e. The summed E-state index contributed by atoms with van der Waals surface area (Å²) in [6.07, 6.45) is 1.91. The molecule has 7 nitrogen and oxygen atoms in total. The van der Waals surface area contributed by atoms with Gasteiger partial charge in [-0.3, -0.25) is 13.9 Å². The summed E-state index contributed by atoms with van der Waals surface area (Å²) in [6, 6.07) is 21.0. The number of anilines is 1. The average Bonchev–Trinajstić information content (AvgIpc) is 2.89. The van der Waals surface area contributed by atoms with E-state index in [2.05, 4.69) is 5.32 Å². The summed E-state index contributed by atoms with van der Waals surface area (Å²) in [5, 5.41) is 2.99. The van der Waals surface area contributed by atoms with Gasteiger partial charge in [-0.05, 0) is 49.6 Å². The number of amides is 2. The van der Waals surface area contributed by atoms with Crippen LogP contribution in [0.1, 0.15) is 37.0 Å². The average molecular weight is 554 g/mol.